The lowest BCUT2D eigenvalue weighted by Gasteiger charge is -2.31. The number of alkyl halides is 2. The number of amides is 1. The molecule has 1 aliphatic carbocycles. The molecule has 1 saturated carbocycles. The van der Waals surface area contributed by atoms with Gasteiger partial charge in [-0.05, 0) is 36.1 Å². The maximum atomic E-state index is 13.7. The van der Waals surface area contributed by atoms with Gasteiger partial charge in [-0.3, -0.25) is 9.69 Å². The molecule has 3 aromatic rings. The van der Waals surface area contributed by atoms with Crippen LogP contribution in [0.25, 0.3) is 0 Å². The Morgan fingerprint density at radius 2 is 2.23 bits per heavy atom. The van der Waals surface area contributed by atoms with Gasteiger partial charge in [0.2, 0.25) is 11.8 Å². The summed E-state index contributed by atoms with van der Waals surface area (Å²) in [5.41, 5.74) is 8.27. The summed E-state index contributed by atoms with van der Waals surface area (Å²) in [7, 11) is 0. The first-order valence-electron chi connectivity index (χ1n) is 12.8. The molecular formula is C27H30ClF2N5O4. The number of β-amino-alcohol motifs (C(OH)–C–C–N with tert-alkyl or cyclic N) is 1. The average molecular weight is 562 g/mol. The Bertz CT molecular complexity index is 1320. The van der Waals surface area contributed by atoms with Gasteiger partial charge in [-0.25, -0.2) is 18.7 Å². The Labute approximate surface area is 229 Å². The van der Waals surface area contributed by atoms with Crippen LogP contribution in [-0.2, 0) is 26.0 Å². The normalized spacial score (nSPS) is 19.4. The number of fused-ring (bicyclic) bond motifs is 1. The van der Waals surface area contributed by atoms with Crippen molar-refractivity contribution in [3.8, 4) is 5.75 Å². The van der Waals surface area contributed by atoms with Gasteiger partial charge < -0.3 is 25.3 Å². The van der Waals surface area contributed by atoms with Crippen molar-refractivity contribution in [2.45, 2.75) is 63.3 Å². The summed E-state index contributed by atoms with van der Waals surface area (Å²) in [6.45, 7) is 1.78. The van der Waals surface area contributed by atoms with Crippen LogP contribution in [-0.4, -0.2) is 57.0 Å². The summed E-state index contributed by atoms with van der Waals surface area (Å²) in [5, 5.41) is 14.6. The van der Waals surface area contributed by atoms with E-state index in [-0.39, 0.29) is 31.4 Å². The van der Waals surface area contributed by atoms with Crippen LogP contribution in [0, 0.1) is 0 Å². The summed E-state index contributed by atoms with van der Waals surface area (Å²) < 4.78 is 38.4. The fourth-order valence-corrected chi connectivity index (χ4v) is 5.63. The molecule has 5 rings (SSSR count). The number of halogens is 3. The molecule has 1 amide bonds. The highest BCUT2D eigenvalue weighted by Gasteiger charge is 2.40. The molecule has 0 bridgehead atoms. The average Bonchev–Trinajstić information content (AvgIpc) is 3.53. The number of pyridine rings is 1. The number of nitrogens with one attached hydrogen (secondary N) is 1. The summed E-state index contributed by atoms with van der Waals surface area (Å²) in [6.07, 6.45) is 4.04. The lowest BCUT2D eigenvalue weighted by Crippen LogP contribution is -2.38. The first kappa shape index (κ1) is 27.3. The largest absolute Gasteiger partial charge is 0.484 e. The van der Waals surface area contributed by atoms with E-state index in [0.717, 1.165) is 11.1 Å². The zero-order chi connectivity index (χ0) is 27.6. The van der Waals surface area contributed by atoms with Crippen LogP contribution in [0.1, 0.15) is 52.1 Å². The third kappa shape index (κ3) is 6.48. The Balaban J connectivity index is 1.24. The predicted molar refractivity (Wildman–Crippen MR) is 140 cm³/mol. The molecule has 1 aromatic carbocycles. The predicted octanol–water partition coefficient (Wildman–Crippen LogP) is 3.96. The SMILES string of the molecule is NC(=O)c1ccnc(NC2CCC(F)(F)C2)c1C[C@H](O)CN1CCc2c(ccc(OCc3cnco3)c2Cl)C1. The molecule has 0 radical (unpaired) electrons. The topological polar surface area (TPSA) is 127 Å². The third-order valence-electron chi connectivity index (χ3n) is 7.20. The van der Waals surface area contributed by atoms with E-state index >= 15 is 0 Å². The molecule has 2 aliphatic rings. The summed E-state index contributed by atoms with van der Waals surface area (Å²) in [5.74, 6) is -1.92. The number of carbonyl (C=O) groups excluding carboxylic acids is 1. The van der Waals surface area contributed by atoms with Gasteiger partial charge in [-0.15, -0.1) is 0 Å². The molecule has 2 aromatic heterocycles. The minimum absolute atomic E-state index is 0.0933. The molecule has 1 fully saturated rings. The first-order valence-corrected chi connectivity index (χ1v) is 13.2. The number of rotatable bonds is 10. The standard InChI is InChI=1S/C27H30ClF2N5O4/c28-24-20-5-8-35(12-16(20)1-2-23(24)38-14-19-11-32-15-39-19)13-18(36)9-22-21(25(31)37)4-7-33-26(22)34-17-3-6-27(29,30)10-17/h1-2,4,7,11,15,17-18,36H,3,5-6,8-10,12-14H2,(H2,31,37)(H,33,34)/t17?,18-/m0/s1. The second-order valence-corrected chi connectivity index (χ2v) is 10.5. The molecule has 39 heavy (non-hydrogen) atoms. The van der Waals surface area contributed by atoms with Crippen molar-refractivity contribution in [3.05, 3.63) is 70.0 Å². The minimum atomic E-state index is -2.73. The van der Waals surface area contributed by atoms with Gasteiger partial charge in [0, 0.05) is 62.3 Å². The number of aromatic nitrogens is 2. The molecule has 9 nitrogen and oxygen atoms in total. The highest BCUT2D eigenvalue weighted by molar-refractivity contribution is 6.33. The number of aliphatic hydroxyl groups is 1. The third-order valence-corrected chi connectivity index (χ3v) is 7.62. The zero-order valence-corrected chi connectivity index (χ0v) is 22.0. The fraction of sp³-hybridized carbons (Fsp3) is 0.444. The number of benzene rings is 1. The van der Waals surface area contributed by atoms with Gasteiger partial charge in [0.1, 0.15) is 18.2 Å². The van der Waals surface area contributed by atoms with Gasteiger partial charge >= 0.3 is 0 Å². The van der Waals surface area contributed by atoms with Crippen LogP contribution in [0.3, 0.4) is 0 Å². The van der Waals surface area contributed by atoms with Crippen LogP contribution >= 0.6 is 11.6 Å². The number of carbonyl (C=O) groups is 1. The Morgan fingerprint density at radius 1 is 1.38 bits per heavy atom. The van der Waals surface area contributed by atoms with Crippen LogP contribution in [0.2, 0.25) is 5.02 Å². The first-order chi connectivity index (χ1) is 18.7. The maximum Gasteiger partial charge on any atom is 0.250 e. The van der Waals surface area contributed by atoms with E-state index < -0.39 is 24.0 Å². The molecule has 4 N–H and O–H groups in total. The van der Waals surface area contributed by atoms with E-state index in [9.17, 15) is 18.7 Å². The summed E-state index contributed by atoms with van der Waals surface area (Å²) in [6, 6.07) is 4.79. The number of aliphatic hydroxyl groups excluding tert-OH is 1. The van der Waals surface area contributed by atoms with Gasteiger partial charge in [0.15, 0.2) is 12.2 Å². The zero-order valence-electron chi connectivity index (χ0n) is 21.2. The van der Waals surface area contributed by atoms with Crippen molar-refractivity contribution < 1.29 is 27.8 Å². The molecule has 1 unspecified atom stereocenters. The van der Waals surface area contributed by atoms with E-state index in [1.54, 1.807) is 6.20 Å². The van der Waals surface area contributed by atoms with Crippen molar-refractivity contribution in [2.75, 3.05) is 18.4 Å². The van der Waals surface area contributed by atoms with Crippen molar-refractivity contribution in [3.63, 3.8) is 0 Å². The number of primary amides is 1. The molecule has 3 heterocycles. The van der Waals surface area contributed by atoms with Gasteiger partial charge in [-0.1, -0.05) is 17.7 Å². The van der Waals surface area contributed by atoms with Crippen molar-refractivity contribution >= 4 is 23.3 Å². The highest BCUT2D eigenvalue weighted by Crippen LogP contribution is 2.37. The van der Waals surface area contributed by atoms with Crippen LogP contribution in [0.5, 0.6) is 5.75 Å². The number of anilines is 1. The Morgan fingerprint density at radius 3 is 2.95 bits per heavy atom. The Kier molecular flexibility index (Phi) is 8.01. The summed E-state index contributed by atoms with van der Waals surface area (Å²) in [4.78, 5) is 22.4. The maximum absolute atomic E-state index is 13.7. The molecular weight excluding hydrogens is 532 g/mol. The van der Waals surface area contributed by atoms with E-state index in [1.807, 2.05) is 12.1 Å². The van der Waals surface area contributed by atoms with E-state index in [4.69, 9.17) is 26.5 Å². The number of hydrogen-bond donors (Lipinski definition) is 3. The fourth-order valence-electron chi connectivity index (χ4n) is 5.30. The van der Waals surface area contributed by atoms with Gasteiger partial charge in [-0.2, -0.15) is 0 Å². The molecule has 12 heteroatoms. The monoisotopic (exact) mass is 561 g/mol. The van der Waals surface area contributed by atoms with Gasteiger partial charge in [0.25, 0.3) is 0 Å². The van der Waals surface area contributed by atoms with Crippen molar-refractivity contribution in [1.29, 1.82) is 0 Å². The molecule has 208 valence electrons. The molecule has 2 atom stereocenters. The van der Waals surface area contributed by atoms with E-state index in [0.29, 0.717) is 60.4 Å². The smallest absolute Gasteiger partial charge is 0.250 e. The quantitative estimate of drug-likeness (QED) is 0.339. The summed E-state index contributed by atoms with van der Waals surface area (Å²) >= 11 is 6.64. The number of hydrogen-bond acceptors (Lipinski definition) is 8. The number of oxazole rings is 1. The van der Waals surface area contributed by atoms with Crippen LogP contribution in [0.15, 0.2) is 41.4 Å². The Hall–Kier alpha value is -3.28. The number of ether oxygens (including phenoxy) is 1. The molecule has 0 spiro atoms. The van der Waals surface area contributed by atoms with Gasteiger partial charge in [0.05, 0.1) is 17.3 Å². The van der Waals surface area contributed by atoms with Crippen molar-refractivity contribution in [2.24, 2.45) is 5.73 Å². The van der Waals surface area contributed by atoms with Crippen LogP contribution < -0.4 is 15.8 Å². The second-order valence-electron chi connectivity index (χ2n) is 10.1. The van der Waals surface area contributed by atoms with E-state index in [2.05, 4.69) is 20.2 Å². The molecule has 0 saturated heterocycles. The minimum Gasteiger partial charge on any atom is -0.484 e. The lowest BCUT2D eigenvalue weighted by atomic mass is 9.97. The number of nitrogens with zero attached hydrogens (tertiary/aromatic N) is 3. The highest BCUT2D eigenvalue weighted by atomic mass is 35.5. The van der Waals surface area contributed by atoms with Crippen molar-refractivity contribution in [1.82, 2.24) is 14.9 Å². The van der Waals surface area contributed by atoms with Crippen LogP contribution in [0.4, 0.5) is 14.6 Å². The number of nitrogens with two attached hydrogens (primary N) is 1. The second kappa shape index (κ2) is 11.4. The van der Waals surface area contributed by atoms with E-state index in [1.165, 1.54) is 18.7 Å². The lowest BCUT2D eigenvalue weighted by molar-refractivity contribution is 0.00850. The molecule has 1 aliphatic heterocycles.